The second kappa shape index (κ2) is 15.8. The van der Waals surface area contributed by atoms with Gasteiger partial charge in [-0.1, -0.05) is 44.2 Å². The van der Waals surface area contributed by atoms with Crippen molar-refractivity contribution in [2.24, 2.45) is 17.4 Å². The minimum atomic E-state index is -1.19. The fourth-order valence-electron chi connectivity index (χ4n) is 3.42. The van der Waals surface area contributed by atoms with Crippen LogP contribution in [0.15, 0.2) is 30.3 Å². The maximum atomic E-state index is 13.0. The van der Waals surface area contributed by atoms with E-state index in [1.54, 1.807) is 24.3 Å². The molecule has 1 rings (SSSR count). The van der Waals surface area contributed by atoms with Gasteiger partial charge in [-0.3, -0.25) is 14.4 Å². The van der Waals surface area contributed by atoms with Crippen LogP contribution in [-0.2, 0) is 25.6 Å². The number of unbranched alkanes of at least 4 members (excludes halogenated alkanes) is 1. The van der Waals surface area contributed by atoms with Crippen molar-refractivity contribution < 1.29 is 29.4 Å². The number of nitrogens with two attached hydrogens (primary N) is 2. The van der Waals surface area contributed by atoms with E-state index in [0.29, 0.717) is 19.4 Å². The van der Waals surface area contributed by atoms with E-state index >= 15 is 0 Å². The molecule has 1 aromatic rings. The molecule has 0 fully saturated rings. The first-order chi connectivity index (χ1) is 16.6. The molecule has 0 aliphatic carbocycles. The maximum absolute atomic E-state index is 13.0. The number of amides is 3. The van der Waals surface area contributed by atoms with E-state index in [1.807, 2.05) is 19.9 Å². The fourth-order valence-corrected chi connectivity index (χ4v) is 3.42. The number of benzene rings is 1. The molecule has 11 heteroatoms. The van der Waals surface area contributed by atoms with Crippen LogP contribution < -0.4 is 27.4 Å². The molecule has 9 N–H and O–H groups in total. The van der Waals surface area contributed by atoms with Gasteiger partial charge in [-0.05, 0) is 43.7 Å². The largest absolute Gasteiger partial charge is 0.480 e. The number of carboxylic acids is 1. The van der Waals surface area contributed by atoms with E-state index in [4.69, 9.17) is 16.6 Å². The lowest BCUT2D eigenvalue weighted by molar-refractivity contribution is -0.142. The molecule has 4 unspecified atom stereocenters. The molecule has 4 atom stereocenters. The van der Waals surface area contributed by atoms with Crippen LogP contribution in [0.2, 0.25) is 0 Å². The highest BCUT2D eigenvalue weighted by Gasteiger charge is 2.30. The summed E-state index contributed by atoms with van der Waals surface area (Å²) >= 11 is 0. The molecule has 3 amide bonds. The third kappa shape index (κ3) is 11.3. The Morgan fingerprint density at radius 1 is 0.886 bits per heavy atom. The molecule has 1 aromatic carbocycles. The first kappa shape index (κ1) is 30.0. The van der Waals surface area contributed by atoms with Crippen LogP contribution in [-0.4, -0.2) is 71.2 Å². The minimum Gasteiger partial charge on any atom is -0.480 e. The lowest BCUT2D eigenvalue weighted by atomic mass is 10.0. The van der Waals surface area contributed by atoms with Crippen molar-refractivity contribution in [1.29, 1.82) is 0 Å². The van der Waals surface area contributed by atoms with Crippen molar-refractivity contribution in [3.8, 4) is 0 Å². The van der Waals surface area contributed by atoms with Crippen molar-refractivity contribution in [1.82, 2.24) is 16.0 Å². The van der Waals surface area contributed by atoms with Gasteiger partial charge in [0.2, 0.25) is 17.7 Å². The number of aliphatic hydroxyl groups is 1. The Bertz CT molecular complexity index is 820. The molecule has 0 aliphatic heterocycles. The molecule has 0 saturated heterocycles. The number of hydrogen-bond donors (Lipinski definition) is 7. The molecule has 35 heavy (non-hydrogen) atoms. The molecule has 0 heterocycles. The molecule has 0 saturated carbocycles. The van der Waals surface area contributed by atoms with Gasteiger partial charge in [-0.15, -0.1) is 0 Å². The van der Waals surface area contributed by atoms with Crippen LogP contribution in [0.4, 0.5) is 0 Å². The van der Waals surface area contributed by atoms with E-state index in [1.165, 1.54) is 0 Å². The second-order valence-electron chi connectivity index (χ2n) is 8.91. The van der Waals surface area contributed by atoms with Crippen molar-refractivity contribution in [2.75, 3.05) is 13.2 Å². The molecular formula is C24H39N5O6. The van der Waals surface area contributed by atoms with Gasteiger partial charge in [-0.25, -0.2) is 4.79 Å². The highest BCUT2D eigenvalue weighted by Crippen LogP contribution is 2.09. The molecule has 0 spiro atoms. The zero-order valence-electron chi connectivity index (χ0n) is 20.4. The number of carboxylic acid groups (broad SMARTS) is 1. The van der Waals surface area contributed by atoms with E-state index in [-0.39, 0.29) is 25.2 Å². The standard InChI is InChI=1S/C24H39N5O6/c1-15(2)12-19(23(33)29-20(24(34)35)13-16-8-4-3-5-9-16)28-22(32)18(10-6-7-11-25)27-21(31)17(26)14-30/h3-5,8-9,15,17-20,30H,6-7,10-14,25-26H2,1-2H3,(H,27,31)(H,28,32)(H,29,33)(H,34,35). The van der Waals surface area contributed by atoms with Gasteiger partial charge < -0.3 is 37.6 Å². The number of aliphatic hydroxyl groups excluding tert-OH is 1. The van der Waals surface area contributed by atoms with E-state index in [2.05, 4.69) is 16.0 Å². The van der Waals surface area contributed by atoms with Crippen molar-refractivity contribution in [2.45, 2.75) is 70.1 Å². The minimum absolute atomic E-state index is 0.0107. The molecule has 0 bridgehead atoms. The summed E-state index contributed by atoms with van der Waals surface area (Å²) in [6.07, 6.45) is 1.77. The van der Waals surface area contributed by atoms with Gasteiger partial charge in [-0.2, -0.15) is 0 Å². The van der Waals surface area contributed by atoms with Crippen LogP contribution in [0.25, 0.3) is 0 Å². The van der Waals surface area contributed by atoms with Crippen molar-refractivity contribution >= 4 is 23.7 Å². The lowest BCUT2D eigenvalue weighted by Gasteiger charge is -2.26. The first-order valence-electron chi connectivity index (χ1n) is 11.8. The summed E-state index contributed by atoms with van der Waals surface area (Å²) in [5.41, 5.74) is 11.8. The van der Waals surface area contributed by atoms with Crippen molar-refractivity contribution in [3.05, 3.63) is 35.9 Å². The molecule has 0 aliphatic rings. The van der Waals surface area contributed by atoms with Crippen molar-refractivity contribution in [3.63, 3.8) is 0 Å². The van der Waals surface area contributed by atoms with Gasteiger partial charge in [0, 0.05) is 6.42 Å². The Labute approximate surface area is 206 Å². The number of rotatable bonds is 16. The first-order valence-corrected chi connectivity index (χ1v) is 11.8. The van der Waals surface area contributed by atoms with E-state index in [0.717, 1.165) is 5.56 Å². The summed E-state index contributed by atoms with van der Waals surface area (Å²) in [7, 11) is 0. The zero-order chi connectivity index (χ0) is 26.4. The number of carbonyl (C=O) groups is 4. The molecule has 0 aromatic heterocycles. The van der Waals surface area contributed by atoms with E-state index < -0.39 is 54.5 Å². The summed E-state index contributed by atoms with van der Waals surface area (Å²) in [4.78, 5) is 50.0. The summed E-state index contributed by atoms with van der Waals surface area (Å²) < 4.78 is 0. The topological polar surface area (TPSA) is 197 Å². The smallest absolute Gasteiger partial charge is 0.326 e. The van der Waals surface area contributed by atoms with Crippen LogP contribution >= 0.6 is 0 Å². The van der Waals surface area contributed by atoms with Crippen LogP contribution in [0.3, 0.4) is 0 Å². The number of nitrogens with one attached hydrogen (secondary N) is 3. The normalized spacial score (nSPS) is 14.5. The summed E-state index contributed by atoms with van der Waals surface area (Å²) in [6, 6.07) is 4.52. The Morgan fingerprint density at radius 2 is 1.46 bits per heavy atom. The van der Waals surface area contributed by atoms with E-state index in [9.17, 15) is 24.3 Å². The predicted molar refractivity (Wildman–Crippen MR) is 131 cm³/mol. The quantitative estimate of drug-likeness (QED) is 0.146. The highest BCUT2D eigenvalue weighted by atomic mass is 16.4. The monoisotopic (exact) mass is 493 g/mol. The Balaban J connectivity index is 2.98. The third-order valence-corrected chi connectivity index (χ3v) is 5.35. The maximum Gasteiger partial charge on any atom is 0.326 e. The van der Waals surface area contributed by atoms with Gasteiger partial charge in [0.1, 0.15) is 24.2 Å². The molecular weight excluding hydrogens is 454 g/mol. The molecule has 0 radical (unpaired) electrons. The number of carbonyl (C=O) groups excluding carboxylic acids is 3. The Hall–Kier alpha value is -3.02. The lowest BCUT2D eigenvalue weighted by Crippen LogP contribution is -2.57. The predicted octanol–water partition coefficient (Wildman–Crippen LogP) is -0.737. The van der Waals surface area contributed by atoms with Crippen LogP contribution in [0, 0.1) is 5.92 Å². The van der Waals surface area contributed by atoms with Gasteiger partial charge >= 0.3 is 5.97 Å². The summed E-state index contributed by atoms with van der Waals surface area (Å²) in [5.74, 6) is -3.11. The zero-order valence-corrected chi connectivity index (χ0v) is 20.4. The third-order valence-electron chi connectivity index (χ3n) is 5.35. The van der Waals surface area contributed by atoms with Crippen LogP contribution in [0.5, 0.6) is 0 Å². The fraction of sp³-hybridized carbons (Fsp3) is 0.583. The highest BCUT2D eigenvalue weighted by molar-refractivity contribution is 5.94. The number of hydrogen-bond acceptors (Lipinski definition) is 7. The number of aliphatic carboxylic acids is 1. The summed E-state index contributed by atoms with van der Waals surface area (Å²) in [6.45, 7) is 3.56. The van der Waals surface area contributed by atoms with Crippen LogP contribution in [0.1, 0.15) is 45.1 Å². The van der Waals surface area contributed by atoms with Gasteiger partial charge in [0.05, 0.1) is 6.61 Å². The van der Waals surface area contributed by atoms with Gasteiger partial charge in [0.15, 0.2) is 0 Å². The average Bonchev–Trinajstić information content (AvgIpc) is 2.82. The Morgan fingerprint density at radius 3 is 2.00 bits per heavy atom. The SMILES string of the molecule is CC(C)CC(NC(=O)C(CCCCN)NC(=O)C(N)CO)C(=O)NC(Cc1ccccc1)C(=O)O. The molecule has 11 nitrogen and oxygen atoms in total. The average molecular weight is 494 g/mol. The van der Waals surface area contributed by atoms with Gasteiger partial charge in [0.25, 0.3) is 0 Å². The summed E-state index contributed by atoms with van der Waals surface area (Å²) in [5, 5.41) is 26.4. The second-order valence-corrected chi connectivity index (χ2v) is 8.91. The molecule has 196 valence electrons. The Kier molecular flexibility index (Phi) is 13.5.